The third-order valence-electron chi connectivity index (χ3n) is 4.14. The van der Waals surface area contributed by atoms with Crippen LogP contribution in [0.1, 0.15) is 21.6 Å². The topological polar surface area (TPSA) is 76.0 Å². The van der Waals surface area contributed by atoms with Crippen molar-refractivity contribution in [2.24, 2.45) is 0 Å². The van der Waals surface area contributed by atoms with E-state index < -0.39 is 5.91 Å². The van der Waals surface area contributed by atoms with Crippen molar-refractivity contribution in [3.05, 3.63) is 77.2 Å². The lowest BCUT2D eigenvalue weighted by Gasteiger charge is -2.14. The number of aromatic nitrogens is 2. The largest absolute Gasteiger partial charge is 0.365 e. The summed E-state index contributed by atoms with van der Waals surface area (Å²) in [5.74, 6) is -0.649. The first-order chi connectivity index (χ1) is 12.6. The second-order valence-electron chi connectivity index (χ2n) is 5.95. The Morgan fingerprint density at radius 1 is 1.08 bits per heavy atom. The summed E-state index contributed by atoms with van der Waals surface area (Å²) in [4.78, 5) is 24.0. The summed E-state index contributed by atoms with van der Waals surface area (Å²) in [6.45, 7) is 0.381. The van der Waals surface area contributed by atoms with Gasteiger partial charge in [-0.25, -0.2) is 9.07 Å². The maximum absolute atomic E-state index is 13.1. The number of nitrogens with one attached hydrogen (secondary N) is 2. The molecule has 3 aromatic rings. The highest BCUT2D eigenvalue weighted by atomic mass is 19.1. The van der Waals surface area contributed by atoms with Crippen molar-refractivity contribution in [3.8, 4) is 5.69 Å². The van der Waals surface area contributed by atoms with Crippen LogP contribution >= 0.6 is 0 Å². The summed E-state index contributed by atoms with van der Waals surface area (Å²) in [5.41, 5.74) is 2.41. The second-order valence-corrected chi connectivity index (χ2v) is 5.95. The van der Waals surface area contributed by atoms with E-state index in [0.29, 0.717) is 23.6 Å². The van der Waals surface area contributed by atoms with Crippen LogP contribution in [0.2, 0.25) is 0 Å². The van der Waals surface area contributed by atoms with Crippen molar-refractivity contribution >= 4 is 17.6 Å². The summed E-state index contributed by atoms with van der Waals surface area (Å²) in [7, 11) is 0. The number of hydrogen-bond acceptors (Lipinski definition) is 4. The number of rotatable bonds is 4. The Balaban J connectivity index is 1.74. The van der Waals surface area contributed by atoms with Crippen molar-refractivity contribution in [2.75, 3.05) is 5.32 Å². The Hall–Kier alpha value is -3.48. The highest BCUT2D eigenvalue weighted by Crippen LogP contribution is 2.27. The molecule has 0 saturated heterocycles. The fraction of sp³-hybridized carbons (Fsp3) is 0.105. The molecule has 26 heavy (non-hydrogen) atoms. The number of para-hydroxylation sites is 1. The van der Waals surface area contributed by atoms with Gasteiger partial charge in [-0.3, -0.25) is 14.9 Å². The molecule has 4 rings (SSSR count). The van der Waals surface area contributed by atoms with Gasteiger partial charge in [-0.05, 0) is 29.8 Å². The molecular formula is C19H15FN4O2. The van der Waals surface area contributed by atoms with Gasteiger partial charge in [0.2, 0.25) is 5.91 Å². The smallest absolute Gasteiger partial charge is 0.263 e. The molecule has 2 amide bonds. The molecule has 2 aromatic carbocycles. The molecule has 0 aliphatic carbocycles. The Labute approximate surface area is 148 Å². The Morgan fingerprint density at radius 3 is 2.54 bits per heavy atom. The van der Waals surface area contributed by atoms with E-state index in [0.717, 1.165) is 11.3 Å². The Morgan fingerprint density at radius 2 is 1.81 bits per heavy atom. The number of benzene rings is 2. The van der Waals surface area contributed by atoms with Crippen LogP contribution in [0.15, 0.2) is 54.6 Å². The van der Waals surface area contributed by atoms with E-state index in [9.17, 15) is 14.0 Å². The third kappa shape index (κ3) is 2.95. The van der Waals surface area contributed by atoms with Gasteiger partial charge in [-0.15, -0.1) is 0 Å². The van der Waals surface area contributed by atoms with Gasteiger partial charge in [-0.2, -0.15) is 5.10 Å². The molecule has 6 nitrogen and oxygen atoms in total. The molecule has 0 radical (unpaired) electrons. The van der Waals surface area contributed by atoms with Crippen LogP contribution in [-0.4, -0.2) is 21.6 Å². The van der Waals surface area contributed by atoms with E-state index in [2.05, 4.69) is 15.7 Å². The van der Waals surface area contributed by atoms with Crippen molar-refractivity contribution in [1.29, 1.82) is 0 Å². The maximum Gasteiger partial charge on any atom is 0.263 e. The molecule has 1 aliphatic heterocycles. The summed E-state index contributed by atoms with van der Waals surface area (Å²) in [6, 6.07) is 15.4. The van der Waals surface area contributed by atoms with Gasteiger partial charge in [0.15, 0.2) is 0 Å². The molecule has 130 valence electrons. The predicted octanol–water partition coefficient (Wildman–Crippen LogP) is 2.44. The lowest BCUT2D eigenvalue weighted by molar-refractivity contribution is -0.119. The summed E-state index contributed by atoms with van der Waals surface area (Å²) < 4.78 is 14.7. The number of carbonyl (C=O) groups excluding carboxylic acids is 2. The Bertz CT molecular complexity index is 981. The number of fused-ring (bicyclic) bond motifs is 1. The van der Waals surface area contributed by atoms with Crippen LogP contribution in [0.3, 0.4) is 0 Å². The minimum absolute atomic E-state index is 0.0478. The van der Waals surface area contributed by atoms with Crippen LogP contribution in [0.25, 0.3) is 5.69 Å². The van der Waals surface area contributed by atoms with E-state index in [1.165, 1.54) is 12.1 Å². The average Bonchev–Trinajstić information content (AvgIpc) is 3.00. The normalized spacial score (nSPS) is 13.3. The molecule has 2 N–H and O–H groups in total. The molecule has 0 unspecified atom stereocenters. The van der Waals surface area contributed by atoms with Crippen molar-refractivity contribution in [3.63, 3.8) is 0 Å². The molecule has 1 aliphatic rings. The number of amides is 2. The maximum atomic E-state index is 13.1. The minimum atomic E-state index is -0.472. The predicted molar refractivity (Wildman–Crippen MR) is 93.5 cm³/mol. The number of hydrogen-bond donors (Lipinski definition) is 2. The van der Waals surface area contributed by atoms with Gasteiger partial charge < -0.3 is 5.32 Å². The molecule has 0 bridgehead atoms. The number of nitrogens with zero attached hydrogens (tertiary/aromatic N) is 2. The van der Waals surface area contributed by atoms with Gasteiger partial charge in [0, 0.05) is 6.54 Å². The summed E-state index contributed by atoms with van der Waals surface area (Å²) >= 11 is 0. The first-order valence-corrected chi connectivity index (χ1v) is 8.11. The molecule has 0 saturated carbocycles. The zero-order valence-electron chi connectivity index (χ0n) is 13.7. The summed E-state index contributed by atoms with van der Waals surface area (Å²) in [6.07, 6.45) is 0.0478. The number of imide groups is 1. The zero-order chi connectivity index (χ0) is 18.1. The molecule has 0 spiro atoms. The summed E-state index contributed by atoms with van der Waals surface area (Å²) in [5, 5.41) is 9.99. The Kier molecular flexibility index (Phi) is 3.96. The highest BCUT2D eigenvalue weighted by Gasteiger charge is 2.31. The molecule has 2 heterocycles. The molecular weight excluding hydrogens is 335 g/mol. The fourth-order valence-corrected chi connectivity index (χ4v) is 2.92. The van der Waals surface area contributed by atoms with Crippen LogP contribution in [0.4, 0.5) is 10.2 Å². The number of anilines is 1. The van der Waals surface area contributed by atoms with Crippen LogP contribution in [0.5, 0.6) is 0 Å². The second kappa shape index (κ2) is 6.44. The quantitative estimate of drug-likeness (QED) is 0.709. The van der Waals surface area contributed by atoms with Gasteiger partial charge in [0.25, 0.3) is 5.91 Å². The van der Waals surface area contributed by atoms with Gasteiger partial charge in [0.1, 0.15) is 17.2 Å². The lowest BCUT2D eigenvalue weighted by Crippen LogP contribution is -2.37. The van der Waals surface area contributed by atoms with E-state index in [1.54, 1.807) is 16.8 Å². The van der Waals surface area contributed by atoms with Crippen LogP contribution in [0, 0.1) is 5.82 Å². The zero-order valence-corrected chi connectivity index (χ0v) is 13.7. The SMILES string of the molecule is O=C1Cc2nn(-c3ccccc3)c(NCc3ccc(F)cc3)c2C(=O)N1. The minimum Gasteiger partial charge on any atom is -0.365 e. The van der Waals surface area contributed by atoms with E-state index >= 15 is 0 Å². The third-order valence-corrected chi connectivity index (χ3v) is 4.14. The number of carbonyl (C=O) groups is 2. The van der Waals surface area contributed by atoms with Crippen molar-refractivity contribution in [1.82, 2.24) is 15.1 Å². The standard InChI is InChI=1S/C19H15FN4O2/c20-13-8-6-12(7-9-13)11-21-18-17-15(10-16(25)22-19(17)26)23-24(18)14-4-2-1-3-5-14/h1-9,21H,10-11H2,(H,22,25,26). The van der Waals surface area contributed by atoms with Gasteiger partial charge >= 0.3 is 0 Å². The van der Waals surface area contributed by atoms with Crippen LogP contribution in [-0.2, 0) is 17.8 Å². The van der Waals surface area contributed by atoms with Gasteiger partial charge in [0.05, 0.1) is 17.8 Å². The van der Waals surface area contributed by atoms with E-state index in [1.807, 2.05) is 30.3 Å². The molecule has 0 fully saturated rings. The highest BCUT2D eigenvalue weighted by molar-refractivity contribution is 6.12. The van der Waals surface area contributed by atoms with Gasteiger partial charge in [-0.1, -0.05) is 30.3 Å². The number of halogens is 1. The molecule has 0 atom stereocenters. The van der Waals surface area contributed by atoms with Crippen molar-refractivity contribution in [2.45, 2.75) is 13.0 Å². The molecule has 1 aromatic heterocycles. The van der Waals surface area contributed by atoms with E-state index in [4.69, 9.17) is 0 Å². The fourth-order valence-electron chi connectivity index (χ4n) is 2.92. The molecule has 7 heteroatoms. The first kappa shape index (κ1) is 16.0. The average molecular weight is 350 g/mol. The monoisotopic (exact) mass is 350 g/mol. The van der Waals surface area contributed by atoms with Crippen molar-refractivity contribution < 1.29 is 14.0 Å². The first-order valence-electron chi connectivity index (χ1n) is 8.11. The lowest BCUT2D eigenvalue weighted by atomic mass is 10.1. The van der Waals surface area contributed by atoms with E-state index in [-0.39, 0.29) is 18.1 Å². The van der Waals surface area contributed by atoms with Crippen LogP contribution < -0.4 is 10.6 Å².